The van der Waals surface area contributed by atoms with Gasteiger partial charge < -0.3 is 50.5 Å². The van der Waals surface area contributed by atoms with Crippen molar-refractivity contribution in [2.75, 3.05) is 13.2 Å². The van der Waals surface area contributed by atoms with E-state index in [0.29, 0.717) is 19.3 Å². The molecule has 0 aromatic heterocycles. The van der Waals surface area contributed by atoms with Crippen molar-refractivity contribution in [3.8, 4) is 0 Å². The number of hydrogen-bond acceptors (Lipinski definition) is 10. The Kier molecular flexibility index (Phi) is 48.0. The van der Waals surface area contributed by atoms with Crippen LogP contribution >= 0.6 is 0 Å². The highest BCUT2D eigenvalue weighted by Gasteiger charge is 2.44. The SMILES string of the molecule is CCCCCCCCCCCCCCCCCCCCC/C=C/CC/C=C/CCCC(O)C(O)C(COC1OC(CO)C(O)C(O)C1O)NC(=O)C(O)CCCCCCCCCCCCCCCCCCC. The van der Waals surface area contributed by atoms with E-state index in [2.05, 4.69) is 43.5 Å². The van der Waals surface area contributed by atoms with Crippen LogP contribution in [0.25, 0.3) is 0 Å². The molecule has 1 heterocycles. The van der Waals surface area contributed by atoms with Gasteiger partial charge in [-0.05, 0) is 51.4 Å². The van der Waals surface area contributed by atoms with Gasteiger partial charge in [-0.25, -0.2) is 0 Å². The van der Waals surface area contributed by atoms with Gasteiger partial charge in [0.15, 0.2) is 6.29 Å². The van der Waals surface area contributed by atoms with E-state index in [1.165, 1.54) is 205 Å². The van der Waals surface area contributed by atoms with Crippen LogP contribution in [0.3, 0.4) is 0 Å². The van der Waals surface area contributed by atoms with Gasteiger partial charge >= 0.3 is 0 Å². The number of carbonyl (C=O) groups excluding carboxylic acids is 1. The number of amides is 1. The zero-order chi connectivity index (χ0) is 52.5. The van der Waals surface area contributed by atoms with Crippen molar-refractivity contribution in [2.45, 2.75) is 345 Å². The maximum Gasteiger partial charge on any atom is 0.249 e. The standard InChI is InChI=1S/C61H117NO10/c1-3-5-7-9-11-13-15-17-19-21-22-23-24-25-26-27-28-29-30-31-33-34-36-38-40-42-44-46-48-53(64)56(66)52(51-71-61-59(69)58(68)57(67)55(50-63)72-61)62-60(70)54(65)49-47-45-43-41-39-37-35-32-20-18-16-14-12-10-8-6-4-2/h33-34,40,42,52-59,61,63-69H,3-32,35-39,41,43-51H2,1-2H3,(H,62,70)/b34-33+,42-40+. The molecule has 11 nitrogen and oxygen atoms in total. The summed E-state index contributed by atoms with van der Waals surface area (Å²) in [7, 11) is 0. The van der Waals surface area contributed by atoms with E-state index in [4.69, 9.17) is 9.47 Å². The Bertz CT molecular complexity index is 1220. The zero-order valence-electron chi connectivity index (χ0n) is 46.7. The highest BCUT2D eigenvalue weighted by molar-refractivity contribution is 5.80. The molecule has 1 aliphatic rings. The predicted molar refractivity (Wildman–Crippen MR) is 298 cm³/mol. The maximum atomic E-state index is 13.2. The fourth-order valence-corrected chi connectivity index (χ4v) is 9.99. The third kappa shape index (κ3) is 38.2. The lowest BCUT2D eigenvalue weighted by Crippen LogP contribution is -2.60. The lowest BCUT2D eigenvalue weighted by atomic mass is 9.98. The number of nitrogens with one attached hydrogen (secondary N) is 1. The van der Waals surface area contributed by atoms with Crippen molar-refractivity contribution in [2.24, 2.45) is 0 Å². The number of hydrogen-bond donors (Lipinski definition) is 8. The quantitative estimate of drug-likeness (QED) is 0.0215. The molecule has 1 saturated heterocycles. The minimum atomic E-state index is -1.67. The highest BCUT2D eigenvalue weighted by atomic mass is 16.7. The van der Waals surface area contributed by atoms with Crippen molar-refractivity contribution in [3.63, 3.8) is 0 Å². The van der Waals surface area contributed by atoms with E-state index >= 15 is 0 Å². The summed E-state index contributed by atoms with van der Waals surface area (Å²) >= 11 is 0. The van der Waals surface area contributed by atoms with E-state index in [9.17, 15) is 40.5 Å². The number of rotatable bonds is 53. The fourth-order valence-electron chi connectivity index (χ4n) is 9.99. The predicted octanol–water partition coefficient (Wildman–Crippen LogP) is 13.3. The number of aliphatic hydroxyl groups is 7. The van der Waals surface area contributed by atoms with Crippen LogP contribution in [0.1, 0.15) is 290 Å². The minimum Gasteiger partial charge on any atom is -0.394 e. The lowest BCUT2D eigenvalue weighted by Gasteiger charge is -2.40. The molecule has 0 saturated carbocycles. The average molecular weight is 1020 g/mol. The summed E-state index contributed by atoms with van der Waals surface area (Å²) in [4.78, 5) is 13.2. The zero-order valence-corrected chi connectivity index (χ0v) is 46.7. The molecule has 0 spiro atoms. The van der Waals surface area contributed by atoms with Crippen LogP contribution in [-0.2, 0) is 14.3 Å². The molecule has 0 aliphatic carbocycles. The van der Waals surface area contributed by atoms with Crippen LogP contribution in [0.2, 0.25) is 0 Å². The molecule has 426 valence electrons. The van der Waals surface area contributed by atoms with Crippen LogP contribution in [-0.4, -0.2) is 110 Å². The third-order valence-corrected chi connectivity index (χ3v) is 15.0. The second kappa shape index (κ2) is 50.4. The molecule has 0 radical (unpaired) electrons. The summed E-state index contributed by atoms with van der Waals surface area (Å²) < 4.78 is 11.1. The molecule has 9 atom stereocenters. The number of unbranched alkanes of at least 4 members (excludes halogenated alkanes) is 37. The number of aliphatic hydroxyl groups excluding tert-OH is 7. The topological polar surface area (TPSA) is 189 Å². The van der Waals surface area contributed by atoms with E-state index in [-0.39, 0.29) is 12.8 Å². The molecule has 0 bridgehead atoms. The van der Waals surface area contributed by atoms with Gasteiger partial charge in [-0.15, -0.1) is 0 Å². The molecule has 0 aromatic carbocycles. The average Bonchev–Trinajstić information content (AvgIpc) is 3.38. The van der Waals surface area contributed by atoms with Gasteiger partial charge in [0.2, 0.25) is 5.91 Å². The third-order valence-electron chi connectivity index (χ3n) is 15.0. The summed E-state index contributed by atoms with van der Waals surface area (Å²) in [6.45, 7) is 3.47. The van der Waals surface area contributed by atoms with Gasteiger partial charge in [-0.3, -0.25) is 4.79 Å². The smallest absolute Gasteiger partial charge is 0.249 e. The van der Waals surface area contributed by atoms with Crippen LogP contribution in [0, 0.1) is 0 Å². The molecule has 1 amide bonds. The Morgan fingerprint density at radius 1 is 0.472 bits per heavy atom. The van der Waals surface area contributed by atoms with Gasteiger partial charge in [-0.1, -0.05) is 263 Å². The molecule has 1 rings (SSSR count). The maximum absolute atomic E-state index is 13.2. The summed E-state index contributed by atoms with van der Waals surface area (Å²) in [5, 5.41) is 76.2. The normalized spacial score (nSPS) is 20.2. The Hall–Kier alpha value is -1.41. The molecule has 11 heteroatoms. The fraction of sp³-hybridized carbons (Fsp3) is 0.918. The first-order valence-electron chi connectivity index (χ1n) is 30.7. The Balaban J connectivity index is 2.29. The minimum absolute atomic E-state index is 0.249. The molecular weight excluding hydrogens is 907 g/mol. The summed E-state index contributed by atoms with van der Waals surface area (Å²) in [5.41, 5.74) is 0. The van der Waals surface area contributed by atoms with Crippen molar-refractivity contribution in [1.82, 2.24) is 5.32 Å². The van der Waals surface area contributed by atoms with Crippen LogP contribution in [0.15, 0.2) is 24.3 Å². The molecular formula is C61H117NO10. The number of allylic oxidation sites excluding steroid dienone is 4. The first kappa shape index (κ1) is 68.6. The van der Waals surface area contributed by atoms with E-state index in [1.54, 1.807) is 0 Å². The van der Waals surface area contributed by atoms with Crippen LogP contribution < -0.4 is 5.32 Å². The largest absolute Gasteiger partial charge is 0.394 e. The highest BCUT2D eigenvalue weighted by Crippen LogP contribution is 2.23. The molecule has 9 unspecified atom stereocenters. The summed E-state index contributed by atoms with van der Waals surface area (Å²) in [6.07, 6.45) is 49.6. The van der Waals surface area contributed by atoms with E-state index in [0.717, 1.165) is 38.5 Å². The monoisotopic (exact) mass is 1020 g/mol. The Labute approximate surface area is 442 Å². The van der Waals surface area contributed by atoms with Crippen molar-refractivity contribution in [1.29, 1.82) is 0 Å². The molecule has 1 aliphatic heterocycles. The van der Waals surface area contributed by atoms with Crippen LogP contribution in [0.4, 0.5) is 0 Å². The Morgan fingerprint density at radius 2 is 0.833 bits per heavy atom. The summed E-state index contributed by atoms with van der Waals surface area (Å²) in [6, 6.07) is -1.19. The molecule has 1 fully saturated rings. The van der Waals surface area contributed by atoms with Crippen molar-refractivity contribution >= 4 is 5.91 Å². The lowest BCUT2D eigenvalue weighted by molar-refractivity contribution is -0.303. The molecule has 0 aromatic rings. The van der Waals surface area contributed by atoms with Crippen molar-refractivity contribution in [3.05, 3.63) is 24.3 Å². The van der Waals surface area contributed by atoms with Gasteiger partial charge in [0.1, 0.15) is 36.6 Å². The second-order valence-corrected chi connectivity index (χ2v) is 21.8. The van der Waals surface area contributed by atoms with E-state index < -0.39 is 74.2 Å². The van der Waals surface area contributed by atoms with Gasteiger partial charge in [0.05, 0.1) is 25.4 Å². The molecule has 72 heavy (non-hydrogen) atoms. The van der Waals surface area contributed by atoms with Crippen LogP contribution in [0.5, 0.6) is 0 Å². The van der Waals surface area contributed by atoms with Gasteiger partial charge in [-0.2, -0.15) is 0 Å². The van der Waals surface area contributed by atoms with Gasteiger partial charge in [0.25, 0.3) is 0 Å². The number of ether oxygens (including phenoxy) is 2. The van der Waals surface area contributed by atoms with E-state index in [1.807, 2.05) is 0 Å². The van der Waals surface area contributed by atoms with Crippen molar-refractivity contribution < 1.29 is 50.0 Å². The Morgan fingerprint density at radius 3 is 1.24 bits per heavy atom. The first-order chi connectivity index (χ1) is 35.2. The van der Waals surface area contributed by atoms with Gasteiger partial charge in [0, 0.05) is 0 Å². The molecule has 8 N–H and O–H groups in total. The second-order valence-electron chi connectivity index (χ2n) is 21.8. The summed E-state index contributed by atoms with van der Waals surface area (Å²) in [5.74, 6) is -0.706. The number of carbonyl (C=O) groups is 1. The first-order valence-corrected chi connectivity index (χ1v) is 30.7.